The molecule has 0 aliphatic rings. The van der Waals surface area contributed by atoms with Crippen LogP contribution in [-0.2, 0) is 0 Å². The molecule has 1 aromatic rings. The molecular weight excluding hydrogens is 123 g/mol. The van der Waals surface area contributed by atoms with Gasteiger partial charge in [-0.3, -0.25) is 0 Å². The Labute approximate surface area is 70.7 Å². The van der Waals surface area contributed by atoms with Gasteiger partial charge in [-0.15, -0.1) is 0 Å². The molecule has 0 spiro atoms. The van der Waals surface area contributed by atoms with Crippen LogP contribution in [0.25, 0.3) is 0 Å². The summed E-state index contributed by atoms with van der Waals surface area (Å²) in [6.07, 6.45) is 0. The fraction of sp³-hybridized carbons (Fsp3) is 0. The molecule has 44 valence electrons. The number of hydrogen-bond donors (Lipinski definition) is 1. The van der Waals surface area contributed by atoms with Gasteiger partial charge in [0, 0.05) is 0 Å². The van der Waals surface area contributed by atoms with Crippen molar-refractivity contribution < 1.29 is 25.1 Å². The van der Waals surface area contributed by atoms with Crippen LogP contribution in [0.15, 0.2) is 30.3 Å². The molecule has 0 bridgehead atoms. The first-order valence-corrected chi connectivity index (χ1v) is 3.92. The first kappa shape index (κ1) is 8.99. The SMILES string of the molecule is O[SiH2]c1ccccc1.[H-].[Li+]. The molecule has 1 aromatic carbocycles. The van der Waals surface area contributed by atoms with Gasteiger partial charge < -0.3 is 6.22 Å². The third kappa shape index (κ3) is 2.88. The average Bonchev–Trinajstić information content (AvgIpc) is 1.90. The van der Waals surface area contributed by atoms with Crippen LogP contribution in [0.3, 0.4) is 0 Å². The second kappa shape index (κ2) is 4.83. The summed E-state index contributed by atoms with van der Waals surface area (Å²) >= 11 is 0. The smallest absolute Gasteiger partial charge is 1.00 e. The van der Waals surface area contributed by atoms with Gasteiger partial charge in [-0.05, 0) is 5.19 Å². The summed E-state index contributed by atoms with van der Waals surface area (Å²) in [5, 5.41) is 1.10. The van der Waals surface area contributed by atoms with Crippen LogP contribution >= 0.6 is 0 Å². The first-order valence-electron chi connectivity index (χ1n) is 2.58. The van der Waals surface area contributed by atoms with Gasteiger partial charge in [-0.25, -0.2) is 0 Å². The van der Waals surface area contributed by atoms with Crippen molar-refractivity contribution in [2.24, 2.45) is 0 Å². The predicted octanol–water partition coefficient (Wildman–Crippen LogP) is -3.50. The molecule has 1 rings (SSSR count). The molecule has 0 amide bonds. The Morgan fingerprint density at radius 1 is 1.22 bits per heavy atom. The Morgan fingerprint density at radius 3 is 2.11 bits per heavy atom. The molecule has 3 heteroatoms. The molecule has 1 N–H and O–H groups in total. The maximum Gasteiger partial charge on any atom is 1.00 e. The normalized spacial score (nSPS) is 9.44. The van der Waals surface area contributed by atoms with E-state index in [-0.39, 0.29) is 20.3 Å². The van der Waals surface area contributed by atoms with E-state index in [1.54, 1.807) is 0 Å². The monoisotopic (exact) mass is 132 g/mol. The molecule has 1 nitrogen and oxygen atoms in total. The van der Waals surface area contributed by atoms with Gasteiger partial charge in [0.05, 0.1) is 0 Å². The zero-order chi connectivity index (χ0) is 5.82. The Morgan fingerprint density at radius 2 is 1.78 bits per heavy atom. The molecule has 0 fully saturated rings. The molecule has 0 aliphatic heterocycles. The van der Waals surface area contributed by atoms with Crippen molar-refractivity contribution in [2.75, 3.05) is 0 Å². The summed E-state index contributed by atoms with van der Waals surface area (Å²) in [5.41, 5.74) is 0. The maximum atomic E-state index is 8.68. The van der Waals surface area contributed by atoms with Gasteiger partial charge in [-0.2, -0.15) is 0 Å². The second-order valence-corrected chi connectivity index (χ2v) is 2.78. The Bertz CT molecular complexity index is 159. The summed E-state index contributed by atoms with van der Waals surface area (Å²) < 4.78 is 0. The summed E-state index contributed by atoms with van der Waals surface area (Å²) in [6.45, 7) is 0. The largest absolute Gasteiger partial charge is 1.00 e. The van der Waals surface area contributed by atoms with Gasteiger partial charge in [0.1, 0.15) is 0 Å². The summed E-state index contributed by atoms with van der Waals surface area (Å²) in [7, 11) is -0.909. The van der Waals surface area contributed by atoms with Gasteiger partial charge in [-0.1, -0.05) is 30.3 Å². The molecular formula is C6H9LiOSi. The van der Waals surface area contributed by atoms with E-state index in [1.165, 1.54) is 0 Å². The van der Waals surface area contributed by atoms with Crippen molar-refractivity contribution >= 4 is 14.9 Å². The van der Waals surface area contributed by atoms with Gasteiger partial charge in [0.15, 0.2) is 9.76 Å². The van der Waals surface area contributed by atoms with Crippen LogP contribution in [0.2, 0.25) is 0 Å². The van der Waals surface area contributed by atoms with Crippen molar-refractivity contribution in [3.63, 3.8) is 0 Å². The number of hydrogen-bond acceptors (Lipinski definition) is 1. The van der Waals surface area contributed by atoms with Crippen LogP contribution in [0.4, 0.5) is 0 Å². The average molecular weight is 132 g/mol. The maximum absolute atomic E-state index is 8.68. The predicted molar refractivity (Wildman–Crippen MR) is 38.0 cm³/mol. The van der Waals surface area contributed by atoms with E-state index in [9.17, 15) is 0 Å². The molecule has 0 atom stereocenters. The fourth-order valence-corrected chi connectivity index (χ4v) is 1.07. The first-order chi connectivity index (χ1) is 3.93. The van der Waals surface area contributed by atoms with E-state index in [2.05, 4.69) is 0 Å². The van der Waals surface area contributed by atoms with Crippen molar-refractivity contribution in [1.29, 1.82) is 0 Å². The molecule has 9 heavy (non-hydrogen) atoms. The van der Waals surface area contributed by atoms with Crippen LogP contribution in [0.5, 0.6) is 0 Å². The van der Waals surface area contributed by atoms with Crippen LogP contribution in [0.1, 0.15) is 1.43 Å². The molecule has 0 unspecified atom stereocenters. The number of benzene rings is 1. The summed E-state index contributed by atoms with van der Waals surface area (Å²) in [6, 6.07) is 9.74. The minimum atomic E-state index is -0.909. The zero-order valence-corrected chi connectivity index (χ0v) is 6.96. The third-order valence-corrected chi connectivity index (χ3v) is 1.86. The van der Waals surface area contributed by atoms with Crippen LogP contribution in [0, 0.1) is 0 Å². The van der Waals surface area contributed by atoms with Crippen LogP contribution in [-0.4, -0.2) is 14.6 Å². The molecule has 0 heterocycles. The van der Waals surface area contributed by atoms with E-state index in [1.807, 2.05) is 30.3 Å². The van der Waals surface area contributed by atoms with E-state index in [0.29, 0.717) is 0 Å². The molecule has 0 radical (unpaired) electrons. The minimum Gasteiger partial charge on any atom is -1.00 e. The molecule has 0 saturated carbocycles. The zero-order valence-electron chi connectivity index (χ0n) is 6.54. The van der Waals surface area contributed by atoms with E-state index >= 15 is 0 Å². The van der Waals surface area contributed by atoms with Gasteiger partial charge in [0.25, 0.3) is 0 Å². The van der Waals surface area contributed by atoms with E-state index in [4.69, 9.17) is 4.80 Å². The summed E-state index contributed by atoms with van der Waals surface area (Å²) in [5.74, 6) is 0. The van der Waals surface area contributed by atoms with E-state index in [0.717, 1.165) is 5.19 Å². The van der Waals surface area contributed by atoms with E-state index < -0.39 is 9.76 Å². The van der Waals surface area contributed by atoms with Gasteiger partial charge >= 0.3 is 18.9 Å². The summed E-state index contributed by atoms with van der Waals surface area (Å²) in [4.78, 5) is 8.68. The molecule has 0 aromatic heterocycles. The molecule has 0 aliphatic carbocycles. The standard InChI is InChI=1S/C6H8OSi.Li.H/c7-8-6-4-2-1-3-5-6;;/h1-5,7H,8H2;;/q;+1;-1. The minimum absolute atomic E-state index is 0. The second-order valence-electron chi connectivity index (χ2n) is 1.64. The quantitative estimate of drug-likeness (QED) is 0.393. The van der Waals surface area contributed by atoms with Crippen molar-refractivity contribution in [3.05, 3.63) is 30.3 Å². The fourth-order valence-electron chi connectivity index (χ4n) is 0.583. The Kier molecular flexibility index (Phi) is 4.83. The Balaban J connectivity index is 0. The topological polar surface area (TPSA) is 20.2 Å². The van der Waals surface area contributed by atoms with Gasteiger partial charge in [0.2, 0.25) is 0 Å². The van der Waals surface area contributed by atoms with Crippen molar-refractivity contribution in [2.45, 2.75) is 0 Å². The van der Waals surface area contributed by atoms with Crippen molar-refractivity contribution in [3.8, 4) is 0 Å². The molecule has 0 saturated heterocycles. The number of rotatable bonds is 1. The Hall–Kier alpha value is -0.00571. The van der Waals surface area contributed by atoms with Crippen LogP contribution < -0.4 is 24.0 Å². The third-order valence-electron chi connectivity index (χ3n) is 1.03. The van der Waals surface area contributed by atoms with Crippen molar-refractivity contribution in [1.82, 2.24) is 0 Å².